The Morgan fingerprint density at radius 3 is 2.45 bits per heavy atom. The molecule has 0 aliphatic rings. The van der Waals surface area contributed by atoms with Crippen LogP contribution in [-0.4, -0.2) is 0 Å². The molecule has 0 bridgehead atoms. The van der Waals surface area contributed by atoms with E-state index in [-0.39, 0.29) is 6.04 Å². The monoisotopic (exact) mass is 306 g/mol. The molecule has 0 saturated carbocycles. The van der Waals surface area contributed by atoms with Gasteiger partial charge in [0.05, 0.1) is 5.02 Å². The molecular formula is C15H12Cl2N2O. The van der Waals surface area contributed by atoms with Crippen LogP contribution in [0.1, 0.15) is 17.4 Å². The first-order chi connectivity index (χ1) is 9.69. The first kappa shape index (κ1) is 13.5. The molecular weight excluding hydrogens is 295 g/mol. The standard InChI is InChI=1S/C15H12Cl2N2O/c16-11-6-4-9(5-7-11)14(19-18)13-8-10-2-1-3-12(17)15(10)20-13/h1-8,14,19H,18H2. The van der Waals surface area contributed by atoms with Gasteiger partial charge < -0.3 is 4.42 Å². The predicted molar refractivity (Wildman–Crippen MR) is 81.8 cm³/mol. The van der Waals surface area contributed by atoms with Crippen LogP contribution in [0.15, 0.2) is 52.9 Å². The molecule has 0 fully saturated rings. The molecule has 0 spiro atoms. The van der Waals surface area contributed by atoms with Gasteiger partial charge in [0, 0.05) is 10.4 Å². The van der Waals surface area contributed by atoms with Crippen molar-refractivity contribution in [1.29, 1.82) is 0 Å². The number of halogens is 2. The molecule has 1 atom stereocenters. The fraction of sp³-hybridized carbons (Fsp3) is 0.0667. The van der Waals surface area contributed by atoms with Crippen LogP contribution in [0.5, 0.6) is 0 Å². The van der Waals surface area contributed by atoms with E-state index in [2.05, 4.69) is 5.43 Å². The molecule has 1 unspecified atom stereocenters. The van der Waals surface area contributed by atoms with E-state index in [9.17, 15) is 0 Å². The number of furan rings is 1. The van der Waals surface area contributed by atoms with Crippen LogP contribution >= 0.6 is 23.2 Å². The molecule has 1 heterocycles. The number of hydrogen-bond acceptors (Lipinski definition) is 3. The first-order valence-corrected chi connectivity index (χ1v) is 6.84. The molecule has 0 aliphatic heterocycles. The van der Waals surface area contributed by atoms with Gasteiger partial charge >= 0.3 is 0 Å². The fourth-order valence-corrected chi connectivity index (χ4v) is 2.53. The summed E-state index contributed by atoms with van der Waals surface area (Å²) in [5.74, 6) is 6.37. The summed E-state index contributed by atoms with van der Waals surface area (Å²) in [6.45, 7) is 0. The molecule has 3 rings (SSSR count). The number of fused-ring (bicyclic) bond motifs is 1. The maximum Gasteiger partial charge on any atom is 0.152 e. The van der Waals surface area contributed by atoms with Crippen molar-refractivity contribution in [3.8, 4) is 0 Å². The lowest BCUT2D eigenvalue weighted by Gasteiger charge is -2.13. The van der Waals surface area contributed by atoms with Crippen molar-refractivity contribution >= 4 is 34.2 Å². The third-order valence-electron chi connectivity index (χ3n) is 3.17. The van der Waals surface area contributed by atoms with E-state index in [0.29, 0.717) is 21.4 Å². The van der Waals surface area contributed by atoms with Crippen LogP contribution < -0.4 is 11.3 Å². The normalized spacial score (nSPS) is 12.8. The minimum absolute atomic E-state index is 0.254. The predicted octanol–water partition coefficient (Wildman–Crippen LogP) is 4.29. The lowest BCUT2D eigenvalue weighted by Crippen LogP contribution is -2.28. The fourth-order valence-electron chi connectivity index (χ4n) is 2.19. The lowest BCUT2D eigenvalue weighted by atomic mass is 10.1. The third kappa shape index (κ3) is 2.41. The topological polar surface area (TPSA) is 51.2 Å². The highest BCUT2D eigenvalue weighted by Gasteiger charge is 2.18. The van der Waals surface area contributed by atoms with Crippen LogP contribution in [0, 0.1) is 0 Å². The second-order valence-electron chi connectivity index (χ2n) is 4.46. The van der Waals surface area contributed by atoms with Crippen molar-refractivity contribution in [3.63, 3.8) is 0 Å². The number of para-hydroxylation sites is 1. The molecule has 3 N–H and O–H groups in total. The Morgan fingerprint density at radius 2 is 1.80 bits per heavy atom. The van der Waals surface area contributed by atoms with Gasteiger partial charge in [-0.3, -0.25) is 5.84 Å². The first-order valence-electron chi connectivity index (χ1n) is 6.08. The summed E-state index contributed by atoms with van der Waals surface area (Å²) in [7, 11) is 0. The summed E-state index contributed by atoms with van der Waals surface area (Å²) in [5, 5.41) is 2.21. The average molecular weight is 307 g/mol. The van der Waals surface area contributed by atoms with Gasteiger partial charge in [0.1, 0.15) is 11.8 Å². The highest BCUT2D eigenvalue weighted by molar-refractivity contribution is 6.34. The third-order valence-corrected chi connectivity index (χ3v) is 3.72. The van der Waals surface area contributed by atoms with E-state index >= 15 is 0 Å². The Labute approximate surface area is 126 Å². The Kier molecular flexibility index (Phi) is 3.68. The molecule has 2 aromatic carbocycles. The van der Waals surface area contributed by atoms with Gasteiger partial charge in [-0.15, -0.1) is 0 Å². The minimum Gasteiger partial charge on any atom is -0.457 e. The van der Waals surface area contributed by atoms with Crippen LogP contribution in [0.4, 0.5) is 0 Å². The van der Waals surface area contributed by atoms with E-state index in [1.54, 1.807) is 6.07 Å². The van der Waals surface area contributed by atoms with Gasteiger partial charge in [0.2, 0.25) is 0 Å². The summed E-state index contributed by atoms with van der Waals surface area (Å²) in [5.41, 5.74) is 4.38. The molecule has 0 radical (unpaired) electrons. The quantitative estimate of drug-likeness (QED) is 0.560. The van der Waals surface area contributed by atoms with E-state index in [1.807, 2.05) is 42.5 Å². The smallest absolute Gasteiger partial charge is 0.152 e. The zero-order chi connectivity index (χ0) is 14.1. The Morgan fingerprint density at radius 1 is 1.05 bits per heavy atom. The molecule has 102 valence electrons. The van der Waals surface area contributed by atoms with Crippen LogP contribution in [0.2, 0.25) is 10.0 Å². The molecule has 3 nitrogen and oxygen atoms in total. The van der Waals surface area contributed by atoms with Gasteiger partial charge in [0.15, 0.2) is 5.58 Å². The number of rotatable bonds is 3. The van der Waals surface area contributed by atoms with Crippen molar-refractivity contribution < 1.29 is 4.42 Å². The summed E-state index contributed by atoms with van der Waals surface area (Å²) in [4.78, 5) is 0. The summed E-state index contributed by atoms with van der Waals surface area (Å²) in [6.07, 6.45) is 0. The number of hydrogen-bond donors (Lipinski definition) is 2. The Hall–Kier alpha value is -1.52. The van der Waals surface area contributed by atoms with Crippen molar-refractivity contribution in [3.05, 3.63) is 69.9 Å². The molecule has 20 heavy (non-hydrogen) atoms. The number of nitrogens with two attached hydrogens (primary N) is 1. The summed E-state index contributed by atoms with van der Waals surface area (Å²) < 4.78 is 5.83. The molecule has 3 aromatic rings. The summed E-state index contributed by atoms with van der Waals surface area (Å²) in [6, 6.07) is 14.7. The van der Waals surface area contributed by atoms with Crippen molar-refractivity contribution in [2.75, 3.05) is 0 Å². The second-order valence-corrected chi connectivity index (χ2v) is 5.30. The Bertz CT molecular complexity index is 737. The van der Waals surface area contributed by atoms with E-state index in [4.69, 9.17) is 33.5 Å². The van der Waals surface area contributed by atoms with Crippen molar-refractivity contribution in [2.24, 2.45) is 5.84 Å². The van der Waals surface area contributed by atoms with Gasteiger partial charge in [-0.25, -0.2) is 5.43 Å². The Balaban J connectivity index is 2.07. The average Bonchev–Trinajstić information content (AvgIpc) is 2.87. The number of benzene rings is 2. The lowest BCUT2D eigenvalue weighted by molar-refractivity contribution is 0.477. The number of hydrazine groups is 1. The largest absolute Gasteiger partial charge is 0.457 e. The van der Waals surface area contributed by atoms with E-state index in [1.165, 1.54) is 0 Å². The summed E-state index contributed by atoms with van der Waals surface area (Å²) >= 11 is 12.0. The van der Waals surface area contributed by atoms with Crippen LogP contribution in [0.25, 0.3) is 11.0 Å². The van der Waals surface area contributed by atoms with Gasteiger partial charge in [-0.05, 0) is 29.8 Å². The molecule has 0 amide bonds. The van der Waals surface area contributed by atoms with Gasteiger partial charge in [-0.2, -0.15) is 0 Å². The molecule has 0 aliphatic carbocycles. The van der Waals surface area contributed by atoms with Crippen molar-refractivity contribution in [1.82, 2.24) is 5.43 Å². The maximum atomic E-state index is 6.12. The SMILES string of the molecule is NNC(c1ccc(Cl)cc1)c1cc2cccc(Cl)c2o1. The highest BCUT2D eigenvalue weighted by atomic mass is 35.5. The minimum atomic E-state index is -0.254. The maximum absolute atomic E-state index is 6.12. The number of nitrogens with one attached hydrogen (secondary N) is 1. The van der Waals surface area contributed by atoms with E-state index in [0.717, 1.165) is 10.9 Å². The molecule has 0 saturated heterocycles. The van der Waals surface area contributed by atoms with E-state index < -0.39 is 0 Å². The van der Waals surface area contributed by atoms with Gasteiger partial charge in [-0.1, -0.05) is 47.5 Å². The highest BCUT2D eigenvalue weighted by Crippen LogP contribution is 2.31. The molecule has 5 heteroatoms. The zero-order valence-electron chi connectivity index (χ0n) is 10.4. The van der Waals surface area contributed by atoms with Crippen LogP contribution in [-0.2, 0) is 0 Å². The zero-order valence-corrected chi connectivity index (χ0v) is 11.9. The molecule has 1 aromatic heterocycles. The van der Waals surface area contributed by atoms with Gasteiger partial charge in [0.25, 0.3) is 0 Å². The van der Waals surface area contributed by atoms with Crippen LogP contribution in [0.3, 0.4) is 0 Å². The second kappa shape index (κ2) is 5.46. The van der Waals surface area contributed by atoms with Crippen molar-refractivity contribution in [2.45, 2.75) is 6.04 Å².